The Morgan fingerprint density at radius 2 is 1.78 bits per heavy atom. The van der Waals surface area contributed by atoms with Crippen molar-refractivity contribution in [2.75, 3.05) is 25.8 Å². The second kappa shape index (κ2) is 8.95. The van der Waals surface area contributed by atoms with Gasteiger partial charge >= 0.3 is 0 Å². The molecule has 4 aromatic rings. The van der Waals surface area contributed by atoms with Crippen LogP contribution < -0.4 is 19.5 Å². The molecule has 7 nitrogen and oxygen atoms in total. The van der Waals surface area contributed by atoms with Gasteiger partial charge in [-0.2, -0.15) is 4.98 Å². The third-order valence-electron chi connectivity index (χ3n) is 6.65. The van der Waals surface area contributed by atoms with E-state index in [1.54, 1.807) is 14.2 Å². The van der Waals surface area contributed by atoms with Crippen molar-refractivity contribution in [1.82, 2.24) is 14.8 Å². The van der Waals surface area contributed by atoms with Gasteiger partial charge in [0.05, 0.1) is 19.9 Å². The molecule has 0 amide bonds. The quantitative estimate of drug-likeness (QED) is 0.344. The molecule has 0 spiro atoms. The summed E-state index contributed by atoms with van der Waals surface area (Å²) in [4.78, 5) is 4.77. The van der Waals surface area contributed by atoms with Gasteiger partial charge in [-0.1, -0.05) is 65.9 Å². The Balaban J connectivity index is 1.65. The molecule has 182 valence electrons. The van der Waals surface area contributed by atoms with E-state index in [1.807, 2.05) is 47.3 Å². The Morgan fingerprint density at radius 3 is 2.53 bits per heavy atom. The minimum absolute atomic E-state index is 0.237. The third-order valence-corrected chi connectivity index (χ3v) is 7.19. The van der Waals surface area contributed by atoms with Crippen LogP contribution in [-0.4, -0.2) is 35.2 Å². The monoisotopic (exact) mass is 498 g/mol. The van der Waals surface area contributed by atoms with Crippen molar-refractivity contribution in [2.45, 2.75) is 24.2 Å². The summed E-state index contributed by atoms with van der Waals surface area (Å²) >= 11 is 1.52. The van der Waals surface area contributed by atoms with Crippen molar-refractivity contribution in [1.29, 1.82) is 0 Å². The van der Waals surface area contributed by atoms with Crippen molar-refractivity contribution in [2.24, 2.45) is 0 Å². The molecule has 8 heteroatoms. The highest BCUT2D eigenvalue weighted by atomic mass is 32.2. The van der Waals surface area contributed by atoms with E-state index < -0.39 is 6.10 Å². The van der Waals surface area contributed by atoms with E-state index in [2.05, 4.69) is 42.6 Å². The molecule has 3 aromatic carbocycles. The zero-order chi connectivity index (χ0) is 24.8. The van der Waals surface area contributed by atoms with Crippen LogP contribution in [0.3, 0.4) is 0 Å². The lowest BCUT2D eigenvalue weighted by Gasteiger charge is -2.39. The fraction of sp³-hybridized carbons (Fsp3) is 0.214. The average molecular weight is 499 g/mol. The minimum Gasteiger partial charge on any atom is -0.493 e. The van der Waals surface area contributed by atoms with Crippen LogP contribution in [0.1, 0.15) is 34.4 Å². The number of fused-ring (bicyclic) bond motifs is 3. The van der Waals surface area contributed by atoms with Crippen molar-refractivity contribution < 1.29 is 14.2 Å². The van der Waals surface area contributed by atoms with E-state index in [1.165, 1.54) is 17.3 Å². The number of thioether (sulfide) groups is 1. The number of para-hydroxylation sites is 2. The number of nitrogens with one attached hydrogen (secondary N) is 1. The number of hydrogen-bond acceptors (Lipinski definition) is 7. The molecule has 0 unspecified atom stereocenters. The predicted molar refractivity (Wildman–Crippen MR) is 141 cm³/mol. The lowest BCUT2D eigenvalue weighted by Crippen LogP contribution is -2.32. The molecular formula is C28H26N4O3S. The molecule has 1 N–H and O–H groups in total. The highest BCUT2D eigenvalue weighted by molar-refractivity contribution is 7.98. The topological polar surface area (TPSA) is 70.4 Å². The van der Waals surface area contributed by atoms with E-state index in [-0.39, 0.29) is 6.04 Å². The maximum Gasteiger partial charge on any atom is 0.227 e. The van der Waals surface area contributed by atoms with Crippen LogP contribution in [0.4, 0.5) is 5.95 Å². The van der Waals surface area contributed by atoms with Crippen molar-refractivity contribution in [3.05, 3.63) is 94.6 Å². The lowest BCUT2D eigenvalue weighted by molar-refractivity contribution is 0.216. The number of hydrogen-bond donors (Lipinski definition) is 1. The largest absolute Gasteiger partial charge is 0.493 e. The minimum atomic E-state index is -0.450. The van der Waals surface area contributed by atoms with Gasteiger partial charge in [0.1, 0.15) is 11.8 Å². The Kier molecular flexibility index (Phi) is 5.60. The maximum absolute atomic E-state index is 6.75. The van der Waals surface area contributed by atoms with Crippen LogP contribution in [0.2, 0.25) is 0 Å². The van der Waals surface area contributed by atoms with E-state index in [0.29, 0.717) is 22.6 Å². The van der Waals surface area contributed by atoms with Gasteiger partial charge in [-0.3, -0.25) is 0 Å². The van der Waals surface area contributed by atoms with E-state index in [0.717, 1.165) is 33.7 Å². The first-order chi connectivity index (χ1) is 17.6. The maximum atomic E-state index is 6.75. The van der Waals surface area contributed by atoms with Crippen LogP contribution in [0.15, 0.2) is 77.5 Å². The van der Waals surface area contributed by atoms with Gasteiger partial charge in [-0.05, 0) is 36.9 Å². The molecule has 0 fully saturated rings. The molecule has 36 heavy (non-hydrogen) atoms. The molecule has 0 aliphatic carbocycles. The number of nitrogens with zero attached hydrogens (tertiary/aromatic N) is 3. The first kappa shape index (κ1) is 22.5. The Hall–Kier alpha value is -3.91. The van der Waals surface area contributed by atoms with Gasteiger partial charge in [0.15, 0.2) is 17.6 Å². The van der Waals surface area contributed by atoms with E-state index >= 15 is 0 Å². The molecule has 2 atom stereocenters. The first-order valence-electron chi connectivity index (χ1n) is 11.7. The molecule has 1 aromatic heterocycles. The van der Waals surface area contributed by atoms with Crippen molar-refractivity contribution >= 4 is 23.4 Å². The summed E-state index contributed by atoms with van der Waals surface area (Å²) in [5.74, 6) is 2.80. The number of benzene rings is 3. The van der Waals surface area contributed by atoms with Crippen LogP contribution in [0.5, 0.6) is 17.2 Å². The molecule has 0 saturated carbocycles. The second-order valence-electron chi connectivity index (χ2n) is 8.71. The molecule has 0 saturated heterocycles. The fourth-order valence-electron chi connectivity index (χ4n) is 4.99. The summed E-state index contributed by atoms with van der Waals surface area (Å²) in [6.45, 7) is 2.09. The van der Waals surface area contributed by atoms with Crippen molar-refractivity contribution in [3.8, 4) is 17.2 Å². The standard InChI is InChI=1S/C28H26N4O3S/c1-16-12-14-17(15-13-16)24-22-23(29-27-30-28(36-4)31-32(24)27)18-8-5-6-10-20(18)35-26(22)19-9-7-11-21(33-2)25(19)34-3/h5-15,24,26H,1-4H3,(H,29,30,31)/t24-,26-/m0/s1. The number of ether oxygens (including phenoxy) is 3. The van der Waals surface area contributed by atoms with Crippen LogP contribution in [0.25, 0.3) is 5.70 Å². The summed E-state index contributed by atoms with van der Waals surface area (Å²) < 4.78 is 20.2. The van der Waals surface area contributed by atoms with Gasteiger partial charge in [0, 0.05) is 16.7 Å². The molecular weight excluding hydrogens is 472 g/mol. The molecule has 2 aliphatic heterocycles. The number of aryl methyl sites for hydroxylation is 1. The predicted octanol–water partition coefficient (Wildman–Crippen LogP) is 5.89. The first-order valence-corrected chi connectivity index (χ1v) is 12.9. The number of methoxy groups -OCH3 is 2. The van der Waals surface area contributed by atoms with Crippen molar-refractivity contribution in [3.63, 3.8) is 0 Å². The van der Waals surface area contributed by atoms with E-state index in [4.69, 9.17) is 24.3 Å². The summed E-state index contributed by atoms with van der Waals surface area (Å²) in [5, 5.41) is 9.16. The van der Waals surface area contributed by atoms with Gasteiger partial charge < -0.3 is 19.5 Å². The smallest absolute Gasteiger partial charge is 0.227 e. The van der Waals surface area contributed by atoms with Gasteiger partial charge in [0.2, 0.25) is 11.1 Å². The Labute approximate surface area is 214 Å². The van der Waals surface area contributed by atoms with Gasteiger partial charge in [0.25, 0.3) is 0 Å². The average Bonchev–Trinajstić information content (AvgIpc) is 3.34. The highest BCUT2D eigenvalue weighted by Gasteiger charge is 2.42. The molecule has 2 aliphatic rings. The number of aromatic nitrogens is 3. The number of rotatable bonds is 5. The summed E-state index contributed by atoms with van der Waals surface area (Å²) in [6.07, 6.45) is 1.53. The summed E-state index contributed by atoms with van der Waals surface area (Å²) in [5.41, 5.74) is 6.18. The van der Waals surface area contributed by atoms with E-state index in [9.17, 15) is 0 Å². The molecule has 0 radical (unpaired) electrons. The lowest BCUT2D eigenvalue weighted by atomic mass is 9.84. The SMILES string of the molecule is COc1cccc([C@@H]2Oc3ccccc3C3=C2[C@H](c2ccc(C)cc2)n2nc(SC)nc2N3)c1OC. The normalized spacial score (nSPS) is 17.9. The van der Waals surface area contributed by atoms with Crippen LogP contribution in [-0.2, 0) is 0 Å². The zero-order valence-electron chi connectivity index (χ0n) is 20.5. The Morgan fingerprint density at radius 1 is 0.972 bits per heavy atom. The highest BCUT2D eigenvalue weighted by Crippen LogP contribution is 2.53. The van der Waals surface area contributed by atoms with Crippen LogP contribution in [0, 0.1) is 6.92 Å². The molecule has 3 heterocycles. The summed E-state index contributed by atoms with van der Waals surface area (Å²) in [7, 11) is 3.30. The second-order valence-corrected chi connectivity index (χ2v) is 9.49. The zero-order valence-corrected chi connectivity index (χ0v) is 21.3. The third kappa shape index (κ3) is 3.52. The van der Waals surface area contributed by atoms with Gasteiger partial charge in [-0.15, -0.1) is 5.10 Å². The number of anilines is 1. The molecule has 6 rings (SSSR count). The Bertz CT molecular complexity index is 1480. The summed E-state index contributed by atoms with van der Waals surface area (Å²) in [6, 6.07) is 22.3. The van der Waals surface area contributed by atoms with Crippen LogP contribution >= 0.6 is 11.8 Å². The van der Waals surface area contributed by atoms with Gasteiger partial charge in [-0.25, -0.2) is 4.68 Å². The fourth-order valence-corrected chi connectivity index (χ4v) is 5.34. The molecule has 0 bridgehead atoms.